The molecule has 0 spiro atoms. The molecule has 0 aromatic carbocycles. The number of hydrogen-bond acceptors (Lipinski definition) is 3. The van der Waals surface area contributed by atoms with Crippen LogP contribution < -0.4 is 5.73 Å². The van der Waals surface area contributed by atoms with Crippen molar-refractivity contribution in [3.8, 4) is 0 Å². The van der Waals surface area contributed by atoms with Crippen molar-refractivity contribution in [3.05, 3.63) is 20.8 Å². The van der Waals surface area contributed by atoms with Crippen molar-refractivity contribution in [1.82, 2.24) is 4.90 Å². The van der Waals surface area contributed by atoms with Gasteiger partial charge in [0.25, 0.3) is 0 Å². The van der Waals surface area contributed by atoms with E-state index in [9.17, 15) is 4.79 Å². The molecule has 2 heterocycles. The maximum atomic E-state index is 12.2. The third-order valence-electron chi connectivity index (χ3n) is 3.75. The lowest BCUT2D eigenvalue weighted by Gasteiger charge is -2.42. The van der Waals surface area contributed by atoms with Crippen LogP contribution in [0.25, 0.3) is 0 Å². The first-order chi connectivity index (χ1) is 8.38. The van der Waals surface area contributed by atoms with Crippen LogP contribution >= 0.6 is 27.3 Å². The summed E-state index contributed by atoms with van der Waals surface area (Å²) in [5, 5.41) is 2.01. The minimum atomic E-state index is 0.0743. The summed E-state index contributed by atoms with van der Waals surface area (Å²) in [5.74, 6) is 0.190. The molecule has 5 heteroatoms. The second kappa shape index (κ2) is 5.31. The van der Waals surface area contributed by atoms with E-state index in [1.54, 1.807) is 11.3 Å². The normalized spacial score (nSPS) is 23.1. The Kier molecular flexibility index (Phi) is 4.14. The van der Waals surface area contributed by atoms with Gasteiger partial charge in [-0.1, -0.05) is 13.8 Å². The Hall–Kier alpha value is -0.390. The van der Waals surface area contributed by atoms with Gasteiger partial charge in [0, 0.05) is 33.9 Å². The van der Waals surface area contributed by atoms with Gasteiger partial charge in [-0.25, -0.2) is 0 Å². The van der Waals surface area contributed by atoms with Gasteiger partial charge in [0.2, 0.25) is 5.91 Å². The zero-order valence-electron chi connectivity index (χ0n) is 10.8. The first-order valence-electron chi connectivity index (χ1n) is 6.15. The van der Waals surface area contributed by atoms with E-state index < -0.39 is 0 Å². The van der Waals surface area contributed by atoms with E-state index in [4.69, 9.17) is 5.73 Å². The molecule has 1 atom stereocenters. The summed E-state index contributed by atoms with van der Waals surface area (Å²) in [7, 11) is 0. The standard InChI is InChI=1S/C13H19BrN2OS/c1-13(2)3-4-16(7-11(13)15)12(17)6-10-5-9(14)8-18-10/h5,8,11H,3-4,6-7,15H2,1-2H3. The van der Waals surface area contributed by atoms with Crippen molar-refractivity contribution >= 4 is 33.2 Å². The predicted molar refractivity (Wildman–Crippen MR) is 78.7 cm³/mol. The molecule has 0 saturated carbocycles. The van der Waals surface area contributed by atoms with Crippen molar-refractivity contribution in [2.24, 2.45) is 11.1 Å². The molecule has 3 nitrogen and oxygen atoms in total. The van der Waals surface area contributed by atoms with Gasteiger partial charge in [0.1, 0.15) is 0 Å². The molecule has 1 saturated heterocycles. The molecular formula is C13H19BrN2OS. The Morgan fingerprint density at radius 1 is 1.67 bits per heavy atom. The van der Waals surface area contributed by atoms with Crippen molar-refractivity contribution in [2.45, 2.75) is 32.7 Å². The van der Waals surface area contributed by atoms with Gasteiger partial charge >= 0.3 is 0 Å². The number of piperidine rings is 1. The zero-order valence-corrected chi connectivity index (χ0v) is 13.2. The molecule has 1 aliphatic heterocycles. The van der Waals surface area contributed by atoms with Crippen molar-refractivity contribution in [1.29, 1.82) is 0 Å². The highest BCUT2D eigenvalue weighted by Gasteiger charge is 2.34. The Labute approximate surface area is 120 Å². The van der Waals surface area contributed by atoms with Crippen LogP contribution in [0.4, 0.5) is 0 Å². The van der Waals surface area contributed by atoms with Gasteiger partial charge in [-0.15, -0.1) is 11.3 Å². The Morgan fingerprint density at radius 2 is 2.39 bits per heavy atom. The summed E-state index contributed by atoms with van der Waals surface area (Å²) < 4.78 is 1.05. The molecular weight excluding hydrogens is 312 g/mol. The first-order valence-corrected chi connectivity index (χ1v) is 7.82. The summed E-state index contributed by atoms with van der Waals surface area (Å²) in [6.45, 7) is 5.86. The fourth-order valence-electron chi connectivity index (χ4n) is 2.12. The lowest BCUT2D eigenvalue weighted by Crippen LogP contribution is -2.54. The molecule has 1 amide bonds. The third kappa shape index (κ3) is 3.13. The summed E-state index contributed by atoms with van der Waals surface area (Å²) >= 11 is 5.02. The molecule has 1 unspecified atom stereocenters. The molecule has 100 valence electrons. The number of nitrogens with two attached hydrogens (primary N) is 1. The quantitative estimate of drug-likeness (QED) is 0.906. The van der Waals surface area contributed by atoms with E-state index in [0.29, 0.717) is 13.0 Å². The minimum absolute atomic E-state index is 0.0743. The number of halogens is 1. The largest absolute Gasteiger partial charge is 0.341 e. The number of hydrogen-bond donors (Lipinski definition) is 1. The molecule has 2 N–H and O–H groups in total. The Balaban J connectivity index is 1.95. The second-order valence-electron chi connectivity index (χ2n) is 5.59. The highest BCUT2D eigenvalue weighted by Crippen LogP contribution is 2.29. The molecule has 1 fully saturated rings. The number of likely N-dealkylation sites (tertiary alicyclic amines) is 1. The summed E-state index contributed by atoms with van der Waals surface area (Å²) in [4.78, 5) is 15.2. The molecule has 2 rings (SSSR count). The number of rotatable bonds is 2. The predicted octanol–water partition coefficient (Wildman–Crippen LogP) is 2.64. The average molecular weight is 331 g/mol. The lowest BCUT2D eigenvalue weighted by molar-refractivity contribution is -0.132. The van der Waals surface area contributed by atoms with Gasteiger partial charge in [-0.2, -0.15) is 0 Å². The number of thiophene rings is 1. The summed E-state index contributed by atoms with van der Waals surface area (Å²) in [6.07, 6.45) is 1.47. The Morgan fingerprint density at radius 3 is 2.94 bits per heavy atom. The second-order valence-corrected chi connectivity index (χ2v) is 7.50. The summed E-state index contributed by atoms with van der Waals surface area (Å²) in [5.41, 5.74) is 6.28. The molecule has 18 heavy (non-hydrogen) atoms. The molecule has 1 aliphatic rings. The number of nitrogens with zero attached hydrogens (tertiary/aromatic N) is 1. The summed E-state index contributed by atoms with van der Waals surface area (Å²) in [6, 6.07) is 2.08. The fourth-order valence-corrected chi connectivity index (χ4v) is 3.56. The van der Waals surface area contributed by atoms with Crippen LogP contribution in [-0.2, 0) is 11.2 Å². The monoisotopic (exact) mass is 330 g/mol. The first kappa shape index (κ1) is 14.0. The third-order valence-corrected chi connectivity index (χ3v) is 5.44. The van der Waals surface area contributed by atoms with Gasteiger partial charge < -0.3 is 10.6 Å². The molecule has 1 aromatic rings. The van der Waals surface area contributed by atoms with Gasteiger partial charge in [-0.05, 0) is 33.8 Å². The van der Waals surface area contributed by atoms with Gasteiger partial charge in [-0.3, -0.25) is 4.79 Å². The topological polar surface area (TPSA) is 46.3 Å². The van der Waals surface area contributed by atoms with Gasteiger partial charge in [0.15, 0.2) is 0 Å². The fraction of sp³-hybridized carbons (Fsp3) is 0.615. The smallest absolute Gasteiger partial charge is 0.227 e. The molecule has 0 radical (unpaired) electrons. The maximum absolute atomic E-state index is 12.2. The highest BCUT2D eigenvalue weighted by molar-refractivity contribution is 9.10. The zero-order chi connectivity index (χ0) is 13.3. The molecule has 0 aliphatic carbocycles. The number of amides is 1. The molecule has 1 aromatic heterocycles. The van der Waals surface area contributed by atoms with Crippen LogP contribution in [0.15, 0.2) is 15.9 Å². The maximum Gasteiger partial charge on any atom is 0.227 e. The van der Waals surface area contributed by atoms with Crippen LogP contribution in [0.3, 0.4) is 0 Å². The van der Waals surface area contributed by atoms with Crippen LogP contribution in [0.2, 0.25) is 0 Å². The van der Waals surface area contributed by atoms with Gasteiger partial charge in [0.05, 0.1) is 6.42 Å². The van der Waals surface area contributed by atoms with Crippen LogP contribution in [0.1, 0.15) is 25.1 Å². The number of carbonyl (C=O) groups excluding carboxylic acids is 1. The highest BCUT2D eigenvalue weighted by atomic mass is 79.9. The van der Waals surface area contributed by atoms with Crippen LogP contribution in [0, 0.1) is 5.41 Å². The SMILES string of the molecule is CC1(C)CCN(C(=O)Cc2cc(Br)cs2)CC1N. The van der Waals surface area contributed by atoms with E-state index in [1.165, 1.54) is 0 Å². The van der Waals surface area contributed by atoms with E-state index in [1.807, 2.05) is 16.3 Å². The van der Waals surface area contributed by atoms with E-state index in [0.717, 1.165) is 22.3 Å². The van der Waals surface area contributed by atoms with Crippen LogP contribution in [-0.4, -0.2) is 29.9 Å². The van der Waals surface area contributed by atoms with E-state index >= 15 is 0 Å². The van der Waals surface area contributed by atoms with Crippen molar-refractivity contribution in [3.63, 3.8) is 0 Å². The lowest BCUT2D eigenvalue weighted by atomic mass is 9.78. The van der Waals surface area contributed by atoms with Crippen molar-refractivity contribution < 1.29 is 4.79 Å². The van der Waals surface area contributed by atoms with Crippen molar-refractivity contribution in [2.75, 3.05) is 13.1 Å². The minimum Gasteiger partial charge on any atom is -0.341 e. The number of carbonyl (C=O) groups is 1. The van der Waals surface area contributed by atoms with E-state index in [-0.39, 0.29) is 17.4 Å². The molecule has 0 bridgehead atoms. The van der Waals surface area contributed by atoms with Crippen LogP contribution in [0.5, 0.6) is 0 Å². The van der Waals surface area contributed by atoms with E-state index in [2.05, 4.69) is 29.8 Å². The Bertz CT molecular complexity index is 444. The average Bonchev–Trinajstić information content (AvgIpc) is 2.68.